The smallest absolute Gasteiger partial charge is 0.225 e. The molecule has 168 valence electrons. The van der Waals surface area contributed by atoms with Crippen molar-refractivity contribution in [3.8, 4) is 5.75 Å². The third kappa shape index (κ3) is 4.26. The number of piperidine rings is 2. The molecule has 32 heavy (non-hydrogen) atoms. The number of benzene rings is 1. The number of hydrogen-bond acceptors (Lipinski definition) is 6. The molecule has 0 aliphatic carbocycles. The molecular formula is C24H30N6O2. The van der Waals surface area contributed by atoms with Crippen molar-refractivity contribution in [3.63, 3.8) is 0 Å². The van der Waals surface area contributed by atoms with Crippen LogP contribution in [0.5, 0.6) is 5.75 Å². The Balaban J connectivity index is 1.12. The first-order valence-electron chi connectivity index (χ1n) is 11.5. The van der Waals surface area contributed by atoms with Gasteiger partial charge in [-0.1, -0.05) is 12.1 Å². The fourth-order valence-corrected chi connectivity index (χ4v) is 4.71. The van der Waals surface area contributed by atoms with Gasteiger partial charge in [0.15, 0.2) is 5.65 Å². The van der Waals surface area contributed by atoms with Crippen molar-refractivity contribution in [2.75, 3.05) is 31.1 Å². The van der Waals surface area contributed by atoms with E-state index in [4.69, 9.17) is 4.74 Å². The zero-order valence-corrected chi connectivity index (χ0v) is 18.8. The fraction of sp³-hybridized carbons (Fsp3) is 0.500. The minimum absolute atomic E-state index is 0.0985. The number of ether oxygens (including phenoxy) is 1. The van der Waals surface area contributed by atoms with Crippen molar-refractivity contribution in [1.82, 2.24) is 24.7 Å². The summed E-state index contributed by atoms with van der Waals surface area (Å²) in [5.41, 5.74) is 3.11. The molecule has 0 unspecified atom stereocenters. The maximum absolute atomic E-state index is 13.1. The van der Waals surface area contributed by atoms with Crippen molar-refractivity contribution in [2.24, 2.45) is 5.92 Å². The van der Waals surface area contributed by atoms with E-state index < -0.39 is 0 Å². The molecule has 2 aliphatic rings. The molecule has 0 bridgehead atoms. The van der Waals surface area contributed by atoms with Gasteiger partial charge in [-0.15, -0.1) is 15.3 Å². The van der Waals surface area contributed by atoms with Crippen LogP contribution < -0.4 is 9.64 Å². The van der Waals surface area contributed by atoms with E-state index in [9.17, 15) is 4.79 Å². The molecule has 0 radical (unpaired) electrons. The summed E-state index contributed by atoms with van der Waals surface area (Å²) < 4.78 is 7.96. The monoisotopic (exact) mass is 434 g/mol. The first kappa shape index (κ1) is 20.7. The third-order valence-corrected chi connectivity index (χ3v) is 6.71. The molecule has 3 aromatic rings. The SMILES string of the molecule is Cc1ccc(C)c(OC2CCN(C(=O)C3CCN(c4ccc5nncn5n4)CC3)CC2)c1. The normalized spacial score (nSPS) is 18.3. The minimum atomic E-state index is 0.0985. The second kappa shape index (κ2) is 8.76. The molecule has 0 saturated carbocycles. The van der Waals surface area contributed by atoms with Gasteiger partial charge >= 0.3 is 0 Å². The molecule has 2 aromatic heterocycles. The summed E-state index contributed by atoms with van der Waals surface area (Å²) in [6, 6.07) is 10.2. The first-order valence-corrected chi connectivity index (χ1v) is 11.5. The van der Waals surface area contributed by atoms with Gasteiger partial charge in [-0.3, -0.25) is 4.79 Å². The van der Waals surface area contributed by atoms with Crippen LogP contribution in [-0.4, -0.2) is 62.9 Å². The van der Waals surface area contributed by atoms with Gasteiger partial charge in [0.2, 0.25) is 5.91 Å². The number of anilines is 1. The number of amides is 1. The van der Waals surface area contributed by atoms with Crippen LogP contribution in [0.4, 0.5) is 5.82 Å². The van der Waals surface area contributed by atoms with Crippen LogP contribution in [0.3, 0.4) is 0 Å². The standard InChI is InChI=1S/C24H30N6O2/c1-17-3-4-18(2)21(15-17)32-20-9-13-29(14-10-20)24(31)19-7-11-28(12-8-19)23-6-5-22-26-25-16-30(22)27-23/h3-6,15-16,19-20H,7-14H2,1-2H3. The van der Waals surface area contributed by atoms with Crippen LogP contribution in [0, 0.1) is 19.8 Å². The lowest BCUT2D eigenvalue weighted by Gasteiger charge is -2.37. The lowest BCUT2D eigenvalue weighted by Crippen LogP contribution is -2.47. The predicted octanol–water partition coefficient (Wildman–Crippen LogP) is 3.03. The summed E-state index contributed by atoms with van der Waals surface area (Å²) in [6.45, 7) is 7.40. The van der Waals surface area contributed by atoms with E-state index in [0.29, 0.717) is 5.91 Å². The van der Waals surface area contributed by atoms with Crippen LogP contribution in [0.15, 0.2) is 36.7 Å². The summed E-state index contributed by atoms with van der Waals surface area (Å²) in [4.78, 5) is 17.4. The molecule has 8 nitrogen and oxygen atoms in total. The average molecular weight is 435 g/mol. The Morgan fingerprint density at radius 3 is 2.56 bits per heavy atom. The maximum Gasteiger partial charge on any atom is 0.225 e. The number of aryl methyl sites for hydroxylation is 2. The summed E-state index contributed by atoms with van der Waals surface area (Å²) >= 11 is 0. The van der Waals surface area contributed by atoms with Crippen molar-refractivity contribution in [2.45, 2.75) is 45.6 Å². The van der Waals surface area contributed by atoms with Crippen LogP contribution >= 0.6 is 0 Å². The molecule has 2 aliphatic heterocycles. The van der Waals surface area contributed by atoms with E-state index in [2.05, 4.69) is 52.2 Å². The number of hydrogen-bond donors (Lipinski definition) is 0. The summed E-state index contributed by atoms with van der Waals surface area (Å²) in [6.07, 6.45) is 5.30. The van der Waals surface area contributed by atoms with E-state index in [0.717, 1.165) is 69.1 Å². The molecule has 1 amide bonds. The van der Waals surface area contributed by atoms with E-state index >= 15 is 0 Å². The Kier molecular flexibility index (Phi) is 5.68. The molecule has 0 N–H and O–H groups in total. The minimum Gasteiger partial charge on any atom is -0.490 e. The quantitative estimate of drug-likeness (QED) is 0.628. The second-order valence-corrected chi connectivity index (χ2v) is 9.00. The molecular weight excluding hydrogens is 404 g/mol. The van der Waals surface area contributed by atoms with Crippen molar-refractivity contribution in [3.05, 3.63) is 47.8 Å². The number of fused-ring (bicyclic) bond motifs is 1. The van der Waals surface area contributed by atoms with Gasteiger partial charge in [-0.2, -0.15) is 4.52 Å². The third-order valence-electron chi connectivity index (χ3n) is 6.71. The Morgan fingerprint density at radius 1 is 1.00 bits per heavy atom. The number of likely N-dealkylation sites (tertiary alicyclic amines) is 1. The van der Waals surface area contributed by atoms with E-state index in [-0.39, 0.29) is 12.0 Å². The number of aromatic nitrogens is 4. The molecule has 1 aromatic carbocycles. The summed E-state index contributed by atoms with van der Waals surface area (Å²) in [5, 5.41) is 12.5. The number of nitrogens with zero attached hydrogens (tertiary/aromatic N) is 6. The Labute approximate surface area is 188 Å². The van der Waals surface area contributed by atoms with Crippen LogP contribution in [0.2, 0.25) is 0 Å². The lowest BCUT2D eigenvalue weighted by molar-refractivity contribution is -0.138. The van der Waals surface area contributed by atoms with Gasteiger partial charge in [0.25, 0.3) is 0 Å². The van der Waals surface area contributed by atoms with Gasteiger partial charge in [0, 0.05) is 44.9 Å². The first-order chi connectivity index (χ1) is 15.6. The molecule has 2 saturated heterocycles. The highest BCUT2D eigenvalue weighted by Crippen LogP contribution is 2.27. The summed E-state index contributed by atoms with van der Waals surface area (Å²) in [7, 11) is 0. The van der Waals surface area contributed by atoms with Gasteiger partial charge < -0.3 is 14.5 Å². The molecule has 0 spiro atoms. The number of carbonyl (C=O) groups excluding carboxylic acids is 1. The highest BCUT2D eigenvalue weighted by Gasteiger charge is 2.32. The van der Waals surface area contributed by atoms with Gasteiger partial charge in [0.05, 0.1) is 0 Å². The maximum atomic E-state index is 13.1. The van der Waals surface area contributed by atoms with E-state index in [1.165, 1.54) is 11.1 Å². The van der Waals surface area contributed by atoms with Crippen molar-refractivity contribution in [1.29, 1.82) is 0 Å². The Hall–Kier alpha value is -3.16. The fourth-order valence-electron chi connectivity index (χ4n) is 4.71. The van der Waals surface area contributed by atoms with Gasteiger partial charge in [-0.05, 0) is 56.0 Å². The molecule has 4 heterocycles. The predicted molar refractivity (Wildman–Crippen MR) is 122 cm³/mol. The molecule has 2 fully saturated rings. The molecule has 8 heteroatoms. The lowest BCUT2D eigenvalue weighted by atomic mass is 9.94. The average Bonchev–Trinajstić information content (AvgIpc) is 3.30. The largest absolute Gasteiger partial charge is 0.490 e. The van der Waals surface area contributed by atoms with Crippen LogP contribution in [0.1, 0.15) is 36.8 Å². The Morgan fingerprint density at radius 2 is 1.78 bits per heavy atom. The second-order valence-electron chi connectivity index (χ2n) is 9.00. The number of carbonyl (C=O) groups is 1. The van der Waals surface area contributed by atoms with Crippen molar-refractivity contribution >= 4 is 17.4 Å². The van der Waals surface area contributed by atoms with E-state index in [1.807, 2.05) is 17.0 Å². The van der Waals surface area contributed by atoms with Crippen molar-refractivity contribution < 1.29 is 9.53 Å². The highest BCUT2D eigenvalue weighted by molar-refractivity contribution is 5.79. The topological polar surface area (TPSA) is 75.9 Å². The molecule has 5 rings (SSSR count). The zero-order chi connectivity index (χ0) is 22.1. The van der Waals surface area contributed by atoms with Crippen LogP contribution in [0.25, 0.3) is 5.65 Å². The van der Waals surface area contributed by atoms with Gasteiger partial charge in [-0.25, -0.2) is 0 Å². The Bertz CT molecular complexity index is 1100. The van der Waals surface area contributed by atoms with Gasteiger partial charge in [0.1, 0.15) is 24.0 Å². The zero-order valence-electron chi connectivity index (χ0n) is 18.8. The summed E-state index contributed by atoms with van der Waals surface area (Å²) in [5.74, 6) is 2.28. The van der Waals surface area contributed by atoms with Crippen LogP contribution in [-0.2, 0) is 4.79 Å². The van der Waals surface area contributed by atoms with E-state index in [1.54, 1.807) is 10.8 Å². The number of rotatable bonds is 4. The molecule has 0 atom stereocenters. The highest BCUT2D eigenvalue weighted by atomic mass is 16.5.